The van der Waals surface area contributed by atoms with Gasteiger partial charge in [-0.2, -0.15) is 0 Å². The summed E-state index contributed by atoms with van der Waals surface area (Å²) in [6, 6.07) is 5.94. The van der Waals surface area contributed by atoms with Gasteiger partial charge in [-0.3, -0.25) is 9.59 Å². The van der Waals surface area contributed by atoms with Crippen molar-refractivity contribution in [3.05, 3.63) is 29.3 Å². The van der Waals surface area contributed by atoms with E-state index >= 15 is 0 Å². The van der Waals surface area contributed by atoms with E-state index in [9.17, 15) is 9.59 Å². The molecule has 0 spiro atoms. The number of primary amides is 1. The standard InChI is InChI=1S/C14H20N2O3/c1-9(2)11-5-4-10(3)12(6-11)19-8-14(18)16-7-13(15)17/h4-6,9H,7-8H2,1-3H3,(H2,15,17)(H,16,18). The molecule has 0 saturated heterocycles. The van der Waals surface area contributed by atoms with Crippen LogP contribution < -0.4 is 15.8 Å². The van der Waals surface area contributed by atoms with Crippen LogP contribution in [0.25, 0.3) is 0 Å². The minimum absolute atomic E-state index is 0.129. The Hall–Kier alpha value is -2.04. The van der Waals surface area contributed by atoms with Gasteiger partial charge in [-0.15, -0.1) is 0 Å². The monoisotopic (exact) mass is 264 g/mol. The predicted molar refractivity (Wildman–Crippen MR) is 73.0 cm³/mol. The highest BCUT2D eigenvalue weighted by Gasteiger charge is 2.08. The minimum atomic E-state index is -0.577. The van der Waals surface area contributed by atoms with Gasteiger partial charge in [-0.1, -0.05) is 26.0 Å². The zero-order valence-electron chi connectivity index (χ0n) is 11.5. The summed E-state index contributed by atoms with van der Waals surface area (Å²) in [6.45, 7) is 5.80. The number of hydrogen-bond donors (Lipinski definition) is 2. The molecule has 0 fully saturated rings. The van der Waals surface area contributed by atoms with E-state index in [1.54, 1.807) is 0 Å². The lowest BCUT2D eigenvalue weighted by molar-refractivity contribution is -0.126. The molecule has 0 aliphatic rings. The Kier molecular flexibility index (Phi) is 5.36. The van der Waals surface area contributed by atoms with E-state index in [2.05, 4.69) is 19.2 Å². The van der Waals surface area contributed by atoms with E-state index in [0.717, 1.165) is 11.1 Å². The van der Waals surface area contributed by atoms with Crippen molar-refractivity contribution in [2.75, 3.05) is 13.2 Å². The van der Waals surface area contributed by atoms with Crippen molar-refractivity contribution in [1.82, 2.24) is 5.32 Å². The van der Waals surface area contributed by atoms with Crippen LogP contribution >= 0.6 is 0 Å². The van der Waals surface area contributed by atoms with Crippen LogP contribution in [0.3, 0.4) is 0 Å². The fraction of sp³-hybridized carbons (Fsp3) is 0.429. The second-order valence-electron chi connectivity index (χ2n) is 4.71. The van der Waals surface area contributed by atoms with Crippen molar-refractivity contribution >= 4 is 11.8 Å². The quantitative estimate of drug-likeness (QED) is 0.807. The highest BCUT2D eigenvalue weighted by atomic mass is 16.5. The summed E-state index contributed by atoms with van der Waals surface area (Å²) in [5.74, 6) is 0.131. The molecule has 0 aromatic heterocycles. The van der Waals surface area contributed by atoms with Crippen molar-refractivity contribution in [2.24, 2.45) is 5.73 Å². The predicted octanol–water partition coefficient (Wildman–Crippen LogP) is 1.10. The molecular weight excluding hydrogens is 244 g/mol. The molecule has 1 aromatic carbocycles. The second-order valence-corrected chi connectivity index (χ2v) is 4.71. The Bertz CT molecular complexity index is 470. The third-order valence-electron chi connectivity index (χ3n) is 2.70. The molecule has 1 rings (SSSR count). The van der Waals surface area contributed by atoms with Crippen molar-refractivity contribution in [2.45, 2.75) is 26.7 Å². The number of nitrogens with one attached hydrogen (secondary N) is 1. The van der Waals surface area contributed by atoms with E-state index in [0.29, 0.717) is 11.7 Å². The Morgan fingerprint density at radius 3 is 2.63 bits per heavy atom. The maximum absolute atomic E-state index is 11.4. The molecular formula is C14H20N2O3. The molecule has 5 nitrogen and oxygen atoms in total. The number of amides is 2. The Morgan fingerprint density at radius 2 is 2.05 bits per heavy atom. The van der Waals surface area contributed by atoms with Gasteiger partial charge in [0.2, 0.25) is 5.91 Å². The van der Waals surface area contributed by atoms with Crippen molar-refractivity contribution in [1.29, 1.82) is 0 Å². The minimum Gasteiger partial charge on any atom is -0.483 e. The topological polar surface area (TPSA) is 81.4 Å². The molecule has 3 N–H and O–H groups in total. The van der Waals surface area contributed by atoms with E-state index < -0.39 is 5.91 Å². The Balaban J connectivity index is 2.59. The Labute approximate surface area is 113 Å². The molecule has 0 bridgehead atoms. The summed E-state index contributed by atoms with van der Waals surface area (Å²) >= 11 is 0. The fourth-order valence-corrected chi connectivity index (χ4v) is 1.51. The van der Waals surface area contributed by atoms with Crippen molar-refractivity contribution in [3.8, 4) is 5.75 Å². The van der Waals surface area contributed by atoms with E-state index in [-0.39, 0.29) is 19.1 Å². The normalized spacial score (nSPS) is 10.3. The average molecular weight is 264 g/mol. The lowest BCUT2D eigenvalue weighted by atomic mass is 10.0. The van der Waals surface area contributed by atoms with Gasteiger partial charge in [-0.05, 0) is 30.0 Å². The molecule has 0 aliphatic carbocycles. The first kappa shape index (κ1) is 15.0. The molecule has 0 unspecified atom stereocenters. The molecule has 1 aromatic rings. The Morgan fingerprint density at radius 1 is 1.37 bits per heavy atom. The highest BCUT2D eigenvalue weighted by molar-refractivity contribution is 5.84. The van der Waals surface area contributed by atoms with Gasteiger partial charge in [0.05, 0.1) is 6.54 Å². The molecule has 0 radical (unpaired) electrons. The molecule has 104 valence electrons. The number of carbonyl (C=O) groups excluding carboxylic acids is 2. The maximum Gasteiger partial charge on any atom is 0.258 e. The summed E-state index contributed by atoms with van der Waals surface area (Å²) in [4.78, 5) is 21.9. The van der Waals surface area contributed by atoms with Crippen LogP contribution in [0.1, 0.15) is 30.9 Å². The molecule has 2 amide bonds. The number of benzene rings is 1. The number of hydrogen-bond acceptors (Lipinski definition) is 3. The molecule has 5 heteroatoms. The highest BCUT2D eigenvalue weighted by Crippen LogP contribution is 2.24. The zero-order chi connectivity index (χ0) is 14.4. The lowest BCUT2D eigenvalue weighted by Crippen LogP contribution is -2.36. The smallest absolute Gasteiger partial charge is 0.258 e. The summed E-state index contributed by atoms with van der Waals surface area (Å²) in [5.41, 5.74) is 7.05. The van der Waals surface area contributed by atoms with Gasteiger partial charge in [0, 0.05) is 0 Å². The first-order chi connectivity index (χ1) is 8.90. The van der Waals surface area contributed by atoms with Crippen molar-refractivity contribution < 1.29 is 14.3 Å². The molecule has 0 aliphatic heterocycles. The van der Waals surface area contributed by atoms with E-state index in [1.165, 1.54) is 0 Å². The van der Waals surface area contributed by atoms with Gasteiger partial charge >= 0.3 is 0 Å². The SMILES string of the molecule is Cc1ccc(C(C)C)cc1OCC(=O)NCC(N)=O. The number of rotatable bonds is 6. The number of aryl methyl sites for hydroxylation is 1. The summed E-state index contributed by atoms with van der Waals surface area (Å²) in [5, 5.41) is 2.37. The number of carbonyl (C=O) groups is 2. The number of ether oxygens (including phenoxy) is 1. The van der Waals surface area contributed by atoms with Gasteiger partial charge in [0.15, 0.2) is 6.61 Å². The van der Waals surface area contributed by atoms with E-state index in [4.69, 9.17) is 10.5 Å². The van der Waals surface area contributed by atoms with Crippen LogP contribution in [0.5, 0.6) is 5.75 Å². The van der Waals surface area contributed by atoms with Crippen LogP contribution in [0, 0.1) is 6.92 Å². The lowest BCUT2D eigenvalue weighted by Gasteiger charge is -2.12. The zero-order valence-corrected chi connectivity index (χ0v) is 11.5. The summed E-state index contributed by atoms with van der Waals surface area (Å²) in [7, 11) is 0. The second kappa shape index (κ2) is 6.78. The third-order valence-corrected chi connectivity index (χ3v) is 2.70. The first-order valence-electron chi connectivity index (χ1n) is 6.18. The molecule has 0 saturated carbocycles. The first-order valence-corrected chi connectivity index (χ1v) is 6.18. The molecule has 0 heterocycles. The third kappa shape index (κ3) is 4.99. The maximum atomic E-state index is 11.4. The van der Waals surface area contributed by atoms with Crippen LogP contribution in [0.4, 0.5) is 0 Å². The van der Waals surface area contributed by atoms with E-state index in [1.807, 2.05) is 25.1 Å². The molecule has 0 atom stereocenters. The average Bonchev–Trinajstić information content (AvgIpc) is 2.35. The summed E-state index contributed by atoms with van der Waals surface area (Å²) in [6.07, 6.45) is 0. The van der Waals surface area contributed by atoms with Crippen LogP contribution in [0.2, 0.25) is 0 Å². The van der Waals surface area contributed by atoms with Crippen molar-refractivity contribution in [3.63, 3.8) is 0 Å². The van der Waals surface area contributed by atoms with Gasteiger partial charge in [0.1, 0.15) is 5.75 Å². The van der Waals surface area contributed by atoms with Crippen LogP contribution in [-0.2, 0) is 9.59 Å². The van der Waals surface area contributed by atoms with Crippen LogP contribution in [0.15, 0.2) is 18.2 Å². The van der Waals surface area contributed by atoms with Gasteiger partial charge < -0.3 is 15.8 Å². The molecule has 19 heavy (non-hydrogen) atoms. The van der Waals surface area contributed by atoms with Crippen LogP contribution in [-0.4, -0.2) is 25.0 Å². The van der Waals surface area contributed by atoms with Gasteiger partial charge in [-0.25, -0.2) is 0 Å². The number of nitrogens with two attached hydrogens (primary N) is 1. The fourth-order valence-electron chi connectivity index (χ4n) is 1.51. The van der Waals surface area contributed by atoms with Gasteiger partial charge in [0.25, 0.3) is 5.91 Å². The summed E-state index contributed by atoms with van der Waals surface area (Å²) < 4.78 is 5.46. The largest absolute Gasteiger partial charge is 0.483 e.